The van der Waals surface area contributed by atoms with E-state index in [1.165, 1.54) is 0 Å². The maximum atomic E-state index is 12.4. The van der Waals surface area contributed by atoms with Crippen LogP contribution >= 0.6 is 15.9 Å². The molecule has 0 atom stereocenters. The Kier molecular flexibility index (Phi) is 3.68. The van der Waals surface area contributed by atoms with Gasteiger partial charge in [-0.15, -0.1) is 0 Å². The number of halogens is 1. The van der Waals surface area contributed by atoms with E-state index in [4.69, 9.17) is 10.2 Å². The van der Waals surface area contributed by atoms with Gasteiger partial charge in [0.25, 0.3) is 11.8 Å². The third kappa shape index (κ3) is 2.60. The Balaban J connectivity index is 2.04. The molecule has 0 spiro atoms. The second kappa shape index (κ2) is 5.65. The quantitative estimate of drug-likeness (QED) is 0.750. The second-order valence-electron chi connectivity index (χ2n) is 4.63. The molecule has 0 bridgehead atoms. The van der Waals surface area contributed by atoms with Crippen LogP contribution < -0.4 is 11.1 Å². The van der Waals surface area contributed by atoms with Crippen LogP contribution in [0.4, 0.5) is 5.69 Å². The summed E-state index contributed by atoms with van der Waals surface area (Å²) in [6, 6.07) is 13.9. The van der Waals surface area contributed by atoms with Gasteiger partial charge < -0.3 is 15.5 Å². The standard InChI is InChI=1S/C16H11BrN2O3/c17-10-5-3-4-9(8-10)16(21)19-13-11-6-1-2-7-12(11)22-14(13)15(18)20/h1-8H,(H2,18,20)(H,19,21). The molecule has 0 aliphatic rings. The fourth-order valence-corrected chi connectivity index (χ4v) is 2.56. The van der Waals surface area contributed by atoms with Gasteiger partial charge in [-0.05, 0) is 30.3 Å². The first-order valence-corrected chi connectivity index (χ1v) is 7.24. The lowest BCUT2D eigenvalue weighted by Gasteiger charge is -2.05. The molecule has 22 heavy (non-hydrogen) atoms. The molecule has 0 saturated heterocycles. The molecule has 3 N–H and O–H groups in total. The predicted octanol–water partition coefficient (Wildman–Crippen LogP) is 3.55. The molecule has 110 valence electrons. The molecule has 1 heterocycles. The maximum Gasteiger partial charge on any atom is 0.286 e. The van der Waals surface area contributed by atoms with Gasteiger partial charge in [0.05, 0.1) is 0 Å². The third-order valence-electron chi connectivity index (χ3n) is 3.14. The van der Waals surface area contributed by atoms with E-state index >= 15 is 0 Å². The molecule has 5 nitrogen and oxygen atoms in total. The number of para-hydroxylation sites is 1. The summed E-state index contributed by atoms with van der Waals surface area (Å²) >= 11 is 3.31. The summed E-state index contributed by atoms with van der Waals surface area (Å²) in [4.78, 5) is 23.9. The zero-order chi connectivity index (χ0) is 15.7. The minimum absolute atomic E-state index is 0.0652. The van der Waals surface area contributed by atoms with E-state index < -0.39 is 5.91 Å². The van der Waals surface area contributed by atoms with Gasteiger partial charge in [0.1, 0.15) is 11.3 Å². The SMILES string of the molecule is NC(=O)c1oc2ccccc2c1NC(=O)c1cccc(Br)c1. The van der Waals surface area contributed by atoms with Gasteiger partial charge in [-0.1, -0.05) is 34.1 Å². The van der Waals surface area contributed by atoms with Crippen molar-refractivity contribution < 1.29 is 14.0 Å². The minimum atomic E-state index is -0.735. The molecule has 3 aromatic rings. The number of amides is 2. The summed E-state index contributed by atoms with van der Waals surface area (Å²) in [5.74, 6) is -1.15. The molecule has 0 saturated carbocycles. The number of primary amides is 1. The molecule has 0 aliphatic heterocycles. The topological polar surface area (TPSA) is 85.3 Å². The molecule has 0 fully saturated rings. The monoisotopic (exact) mass is 358 g/mol. The number of fused-ring (bicyclic) bond motifs is 1. The molecule has 3 rings (SSSR count). The van der Waals surface area contributed by atoms with Gasteiger partial charge in [0, 0.05) is 15.4 Å². The largest absolute Gasteiger partial charge is 0.449 e. The lowest BCUT2D eigenvalue weighted by atomic mass is 10.2. The van der Waals surface area contributed by atoms with Crippen molar-refractivity contribution in [1.82, 2.24) is 0 Å². The smallest absolute Gasteiger partial charge is 0.286 e. The van der Waals surface area contributed by atoms with Crippen LogP contribution in [0, 0.1) is 0 Å². The number of hydrogen-bond acceptors (Lipinski definition) is 3. The Morgan fingerprint density at radius 1 is 1.09 bits per heavy atom. The van der Waals surface area contributed by atoms with Crippen LogP contribution in [0.2, 0.25) is 0 Å². The highest BCUT2D eigenvalue weighted by molar-refractivity contribution is 9.10. The highest BCUT2D eigenvalue weighted by Crippen LogP contribution is 2.31. The summed E-state index contributed by atoms with van der Waals surface area (Å²) in [6.07, 6.45) is 0. The Morgan fingerprint density at radius 3 is 2.59 bits per heavy atom. The van der Waals surface area contributed by atoms with Gasteiger partial charge in [-0.25, -0.2) is 0 Å². The number of rotatable bonds is 3. The van der Waals surface area contributed by atoms with Crippen LogP contribution in [0.5, 0.6) is 0 Å². The van der Waals surface area contributed by atoms with Crippen molar-refractivity contribution in [3.05, 3.63) is 64.3 Å². The summed E-state index contributed by atoms with van der Waals surface area (Å²) in [7, 11) is 0. The number of nitrogens with two attached hydrogens (primary N) is 1. The molecule has 6 heteroatoms. The highest BCUT2D eigenvalue weighted by atomic mass is 79.9. The lowest BCUT2D eigenvalue weighted by Crippen LogP contribution is -2.17. The van der Waals surface area contributed by atoms with Crippen LogP contribution in [0.25, 0.3) is 11.0 Å². The molecular formula is C16H11BrN2O3. The van der Waals surface area contributed by atoms with E-state index in [2.05, 4.69) is 21.2 Å². The average molecular weight is 359 g/mol. The van der Waals surface area contributed by atoms with E-state index in [0.29, 0.717) is 16.5 Å². The number of nitrogens with one attached hydrogen (secondary N) is 1. The van der Waals surface area contributed by atoms with Crippen molar-refractivity contribution in [3.8, 4) is 0 Å². The Bertz CT molecular complexity index is 886. The Labute approximate surface area is 134 Å². The fourth-order valence-electron chi connectivity index (χ4n) is 2.16. The summed E-state index contributed by atoms with van der Waals surface area (Å²) in [5, 5.41) is 3.33. The van der Waals surface area contributed by atoms with Gasteiger partial charge in [0.2, 0.25) is 5.76 Å². The lowest BCUT2D eigenvalue weighted by molar-refractivity contribution is 0.0977. The summed E-state index contributed by atoms with van der Waals surface area (Å²) < 4.78 is 6.21. The molecule has 0 aliphatic carbocycles. The van der Waals surface area contributed by atoms with Crippen LogP contribution in [-0.4, -0.2) is 11.8 Å². The second-order valence-corrected chi connectivity index (χ2v) is 5.55. The zero-order valence-corrected chi connectivity index (χ0v) is 12.9. The highest BCUT2D eigenvalue weighted by Gasteiger charge is 2.20. The number of carbonyl (C=O) groups is 2. The first kappa shape index (κ1) is 14.3. The van der Waals surface area contributed by atoms with E-state index in [0.717, 1.165) is 4.47 Å². The van der Waals surface area contributed by atoms with Crippen LogP contribution in [0.1, 0.15) is 20.9 Å². The van der Waals surface area contributed by atoms with Gasteiger partial charge >= 0.3 is 0 Å². The van der Waals surface area contributed by atoms with Crippen LogP contribution in [0.15, 0.2) is 57.4 Å². The first-order valence-electron chi connectivity index (χ1n) is 6.44. The van der Waals surface area contributed by atoms with Crippen molar-refractivity contribution in [2.75, 3.05) is 5.32 Å². The molecule has 1 aromatic heterocycles. The normalized spacial score (nSPS) is 10.6. The van der Waals surface area contributed by atoms with E-state index in [-0.39, 0.29) is 17.4 Å². The van der Waals surface area contributed by atoms with Crippen molar-refractivity contribution in [2.45, 2.75) is 0 Å². The number of benzene rings is 2. The van der Waals surface area contributed by atoms with Crippen LogP contribution in [-0.2, 0) is 0 Å². The number of carbonyl (C=O) groups excluding carboxylic acids is 2. The Morgan fingerprint density at radius 2 is 1.86 bits per heavy atom. The Hall–Kier alpha value is -2.60. The average Bonchev–Trinajstić information content (AvgIpc) is 2.86. The molecule has 2 aromatic carbocycles. The van der Waals surface area contributed by atoms with Crippen molar-refractivity contribution in [1.29, 1.82) is 0 Å². The van der Waals surface area contributed by atoms with Crippen LogP contribution in [0.3, 0.4) is 0 Å². The van der Waals surface area contributed by atoms with Gasteiger partial charge in [0.15, 0.2) is 0 Å². The van der Waals surface area contributed by atoms with Crippen molar-refractivity contribution >= 4 is 44.4 Å². The first-order chi connectivity index (χ1) is 10.6. The zero-order valence-electron chi connectivity index (χ0n) is 11.3. The summed E-state index contributed by atoms with van der Waals surface area (Å²) in [5.41, 5.74) is 6.55. The number of furan rings is 1. The van der Waals surface area contributed by atoms with Crippen molar-refractivity contribution in [2.24, 2.45) is 5.73 Å². The third-order valence-corrected chi connectivity index (χ3v) is 3.64. The molecule has 0 unspecified atom stereocenters. The van der Waals surface area contributed by atoms with Crippen molar-refractivity contribution in [3.63, 3.8) is 0 Å². The van der Waals surface area contributed by atoms with E-state index in [1.807, 2.05) is 6.07 Å². The molecular weight excluding hydrogens is 348 g/mol. The molecule has 0 radical (unpaired) electrons. The number of hydrogen-bond donors (Lipinski definition) is 2. The van der Waals surface area contributed by atoms with E-state index in [1.54, 1.807) is 42.5 Å². The predicted molar refractivity (Wildman–Crippen MR) is 86.8 cm³/mol. The minimum Gasteiger partial charge on any atom is -0.449 e. The fraction of sp³-hybridized carbons (Fsp3) is 0. The maximum absolute atomic E-state index is 12.4. The summed E-state index contributed by atoms with van der Waals surface area (Å²) in [6.45, 7) is 0. The van der Waals surface area contributed by atoms with E-state index in [9.17, 15) is 9.59 Å². The van der Waals surface area contributed by atoms with Gasteiger partial charge in [-0.2, -0.15) is 0 Å². The number of anilines is 1. The molecule has 2 amide bonds. The van der Waals surface area contributed by atoms with Gasteiger partial charge in [-0.3, -0.25) is 9.59 Å².